The van der Waals surface area contributed by atoms with Crippen LogP contribution in [0.2, 0.25) is 5.02 Å². The minimum absolute atomic E-state index is 0.516. The maximum atomic E-state index is 5.89. The summed E-state index contributed by atoms with van der Waals surface area (Å²) in [6.45, 7) is 0. The summed E-state index contributed by atoms with van der Waals surface area (Å²) < 4.78 is 5.58. The molecule has 1 aliphatic carbocycles. The van der Waals surface area contributed by atoms with E-state index in [1.165, 1.54) is 12.8 Å². The van der Waals surface area contributed by atoms with Crippen LogP contribution in [-0.2, 0) is 0 Å². The Bertz CT molecular complexity index is 463. The minimum atomic E-state index is 0.516. The van der Waals surface area contributed by atoms with Crippen molar-refractivity contribution in [2.75, 3.05) is 5.73 Å². The number of aromatic nitrogens is 1. The number of hydrogen-bond acceptors (Lipinski definition) is 3. The third-order valence-corrected chi connectivity index (χ3v) is 2.78. The molecule has 1 aromatic heterocycles. The monoisotopic (exact) mass is 208 g/mol. The summed E-state index contributed by atoms with van der Waals surface area (Å²) in [6, 6.07) is 3.48. The number of nitrogen functional groups attached to an aromatic ring is 1. The molecule has 2 N–H and O–H groups in total. The van der Waals surface area contributed by atoms with Gasteiger partial charge in [0.05, 0.1) is 10.7 Å². The molecule has 0 radical (unpaired) electrons. The first-order valence-electron chi connectivity index (χ1n) is 4.59. The Kier molecular flexibility index (Phi) is 1.53. The first kappa shape index (κ1) is 8.12. The highest BCUT2D eigenvalue weighted by Gasteiger charge is 2.28. The molecule has 0 bridgehead atoms. The number of nitrogens with two attached hydrogens (primary N) is 1. The molecule has 0 spiro atoms. The zero-order valence-electron chi connectivity index (χ0n) is 7.46. The molecule has 0 saturated heterocycles. The average molecular weight is 209 g/mol. The van der Waals surface area contributed by atoms with Crippen molar-refractivity contribution in [2.24, 2.45) is 0 Å². The van der Waals surface area contributed by atoms with Crippen molar-refractivity contribution >= 4 is 28.4 Å². The fourth-order valence-electron chi connectivity index (χ4n) is 1.49. The predicted octanol–water partition coefficient (Wildman–Crippen LogP) is 2.94. The molecule has 1 aromatic carbocycles. The fourth-order valence-corrected chi connectivity index (χ4v) is 1.64. The number of nitrogens with zero attached hydrogens (tertiary/aromatic N) is 1. The fraction of sp³-hybridized carbons (Fsp3) is 0.300. The summed E-state index contributed by atoms with van der Waals surface area (Å²) >= 11 is 5.89. The van der Waals surface area contributed by atoms with Crippen LogP contribution in [0, 0.1) is 0 Å². The maximum Gasteiger partial charge on any atom is 0.198 e. The van der Waals surface area contributed by atoms with Crippen molar-refractivity contribution in [1.29, 1.82) is 0 Å². The molecule has 2 aromatic rings. The minimum Gasteiger partial charge on any atom is -0.440 e. The Morgan fingerprint density at radius 3 is 2.93 bits per heavy atom. The largest absolute Gasteiger partial charge is 0.440 e. The molecule has 14 heavy (non-hydrogen) atoms. The van der Waals surface area contributed by atoms with E-state index in [1.807, 2.05) is 0 Å². The summed E-state index contributed by atoms with van der Waals surface area (Å²) in [7, 11) is 0. The van der Waals surface area contributed by atoms with E-state index in [1.54, 1.807) is 12.1 Å². The standard InChI is InChI=1S/C10H9ClN2O/c11-6-3-8-9(4-7(6)12)14-10(13-8)5-1-2-5/h3-5H,1-2,12H2. The number of anilines is 1. The lowest BCUT2D eigenvalue weighted by Gasteiger charge is -1.94. The third-order valence-electron chi connectivity index (χ3n) is 2.45. The number of oxazole rings is 1. The summed E-state index contributed by atoms with van der Waals surface area (Å²) in [4.78, 5) is 4.37. The van der Waals surface area contributed by atoms with Gasteiger partial charge in [-0.1, -0.05) is 11.6 Å². The van der Waals surface area contributed by atoms with E-state index in [-0.39, 0.29) is 0 Å². The maximum absolute atomic E-state index is 5.89. The lowest BCUT2D eigenvalue weighted by molar-refractivity contribution is 0.533. The lowest BCUT2D eigenvalue weighted by Crippen LogP contribution is -1.84. The molecule has 3 nitrogen and oxygen atoms in total. The van der Waals surface area contributed by atoms with E-state index in [0.717, 1.165) is 17.0 Å². The number of fused-ring (bicyclic) bond motifs is 1. The summed E-state index contributed by atoms with van der Waals surface area (Å²) in [6.07, 6.45) is 2.35. The highest BCUT2D eigenvalue weighted by molar-refractivity contribution is 6.33. The second kappa shape index (κ2) is 2.64. The second-order valence-electron chi connectivity index (χ2n) is 3.67. The molecule has 1 saturated carbocycles. The van der Waals surface area contributed by atoms with Crippen LogP contribution in [0.5, 0.6) is 0 Å². The SMILES string of the molecule is Nc1cc2oc(C3CC3)nc2cc1Cl. The Hall–Kier alpha value is -1.22. The number of halogens is 1. The Morgan fingerprint density at radius 1 is 1.43 bits per heavy atom. The topological polar surface area (TPSA) is 52.0 Å². The molecule has 3 rings (SSSR count). The predicted molar refractivity (Wildman–Crippen MR) is 55.4 cm³/mol. The molecule has 0 atom stereocenters. The van der Waals surface area contributed by atoms with Gasteiger partial charge in [0, 0.05) is 12.0 Å². The van der Waals surface area contributed by atoms with Crippen LogP contribution in [0.4, 0.5) is 5.69 Å². The molecule has 0 unspecified atom stereocenters. The van der Waals surface area contributed by atoms with Gasteiger partial charge in [0.2, 0.25) is 0 Å². The van der Waals surface area contributed by atoms with Crippen LogP contribution in [0.15, 0.2) is 16.5 Å². The first-order chi connectivity index (χ1) is 6.74. The molecule has 1 fully saturated rings. The molecule has 0 aliphatic heterocycles. The Morgan fingerprint density at radius 2 is 2.21 bits per heavy atom. The molecular formula is C10H9ClN2O. The molecular weight excluding hydrogens is 200 g/mol. The van der Waals surface area contributed by atoms with Crippen LogP contribution in [0.25, 0.3) is 11.1 Å². The number of benzene rings is 1. The summed E-state index contributed by atoms with van der Waals surface area (Å²) in [5, 5.41) is 0.535. The van der Waals surface area contributed by atoms with E-state index in [0.29, 0.717) is 16.6 Å². The normalized spacial score (nSPS) is 16.4. The van der Waals surface area contributed by atoms with Crippen molar-refractivity contribution in [3.63, 3.8) is 0 Å². The van der Waals surface area contributed by atoms with Crippen LogP contribution in [0.1, 0.15) is 24.7 Å². The van der Waals surface area contributed by atoms with E-state index >= 15 is 0 Å². The molecule has 0 amide bonds. The van der Waals surface area contributed by atoms with Crippen molar-refractivity contribution in [3.05, 3.63) is 23.0 Å². The molecule has 4 heteroatoms. The van der Waals surface area contributed by atoms with Crippen LogP contribution >= 0.6 is 11.6 Å². The van der Waals surface area contributed by atoms with E-state index in [4.69, 9.17) is 21.8 Å². The Balaban J connectivity index is 2.22. The van der Waals surface area contributed by atoms with Gasteiger partial charge in [-0.3, -0.25) is 0 Å². The van der Waals surface area contributed by atoms with Crippen molar-refractivity contribution < 1.29 is 4.42 Å². The van der Waals surface area contributed by atoms with Crippen molar-refractivity contribution in [1.82, 2.24) is 4.98 Å². The number of hydrogen-bond donors (Lipinski definition) is 1. The van der Waals surface area contributed by atoms with Gasteiger partial charge in [0.15, 0.2) is 11.5 Å². The van der Waals surface area contributed by atoms with Gasteiger partial charge in [0.25, 0.3) is 0 Å². The van der Waals surface area contributed by atoms with Gasteiger partial charge < -0.3 is 10.2 Å². The smallest absolute Gasteiger partial charge is 0.198 e. The quantitative estimate of drug-likeness (QED) is 0.733. The van der Waals surface area contributed by atoms with Gasteiger partial charge >= 0.3 is 0 Å². The highest BCUT2D eigenvalue weighted by atomic mass is 35.5. The van der Waals surface area contributed by atoms with Crippen LogP contribution < -0.4 is 5.73 Å². The van der Waals surface area contributed by atoms with E-state index in [2.05, 4.69) is 4.98 Å². The van der Waals surface area contributed by atoms with Gasteiger partial charge in [-0.25, -0.2) is 4.98 Å². The van der Waals surface area contributed by atoms with Gasteiger partial charge in [-0.2, -0.15) is 0 Å². The summed E-state index contributed by atoms with van der Waals surface area (Å²) in [5.74, 6) is 1.34. The van der Waals surface area contributed by atoms with Gasteiger partial charge in [0.1, 0.15) is 5.52 Å². The van der Waals surface area contributed by atoms with E-state index < -0.39 is 0 Å². The highest BCUT2D eigenvalue weighted by Crippen LogP contribution is 2.41. The second-order valence-corrected chi connectivity index (χ2v) is 4.08. The first-order valence-corrected chi connectivity index (χ1v) is 4.97. The zero-order valence-corrected chi connectivity index (χ0v) is 8.21. The average Bonchev–Trinajstić information content (AvgIpc) is 2.90. The third kappa shape index (κ3) is 1.16. The van der Waals surface area contributed by atoms with Crippen LogP contribution in [-0.4, -0.2) is 4.98 Å². The zero-order chi connectivity index (χ0) is 9.71. The van der Waals surface area contributed by atoms with Crippen molar-refractivity contribution in [2.45, 2.75) is 18.8 Å². The molecule has 1 heterocycles. The lowest BCUT2D eigenvalue weighted by atomic mass is 10.3. The molecule has 1 aliphatic rings. The van der Waals surface area contributed by atoms with Gasteiger partial charge in [-0.05, 0) is 18.9 Å². The summed E-state index contributed by atoms with van der Waals surface area (Å²) in [5.41, 5.74) is 7.73. The van der Waals surface area contributed by atoms with Crippen molar-refractivity contribution in [3.8, 4) is 0 Å². The molecule has 72 valence electrons. The van der Waals surface area contributed by atoms with Gasteiger partial charge in [-0.15, -0.1) is 0 Å². The number of rotatable bonds is 1. The Labute approximate surface area is 85.9 Å². The van der Waals surface area contributed by atoms with Crippen LogP contribution in [0.3, 0.4) is 0 Å². The van der Waals surface area contributed by atoms with E-state index in [9.17, 15) is 0 Å².